The topological polar surface area (TPSA) is 65.0 Å². The molecule has 0 aromatic carbocycles. The molecule has 3 aromatic heterocycles. The Morgan fingerprint density at radius 2 is 1.26 bits per heavy atom. The summed E-state index contributed by atoms with van der Waals surface area (Å²) in [6.07, 6.45) is 5.00. The predicted molar refractivity (Wildman–Crippen MR) is 99.4 cm³/mol. The molecule has 5 nitrogen and oxygen atoms in total. The van der Waals surface area contributed by atoms with Crippen molar-refractivity contribution < 1.29 is 25.6 Å². The second-order valence-corrected chi connectivity index (χ2v) is 6.97. The minimum atomic E-state index is 0. The van der Waals surface area contributed by atoms with E-state index in [1.165, 1.54) is 0 Å². The van der Waals surface area contributed by atoms with Gasteiger partial charge in [0.1, 0.15) is 23.9 Å². The van der Waals surface area contributed by atoms with Gasteiger partial charge in [-0.1, -0.05) is 13.8 Å². The Morgan fingerprint density at radius 3 is 1.61 bits per heavy atom. The Kier molecular flexibility index (Phi) is 6.63. The molecular formula is C15H13CoI2N3O2. The largest absolute Gasteiger partial charge is 0.443 e. The summed E-state index contributed by atoms with van der Waals surface area (Å²) in [5.41, 5.74) is 3.26. The average Bonchev–Trinajstić information content (AvgIpc) is 3.16. The van der Waals surface area contributed by atoms with Gasteiger partial charge in [0, 0.05) is 23.9 Å². The maximum Gasteiger partial charge on any atom is 0.246 e. The third-order valence-corrected chi connectivity index (χ3v) is 4.81. The van der Waals surface area contributed by atoms with Gasteiger partial charge in [-0.25, -0.2) is 15.0 Å². The molecule has 0 aliphatic rings. The van der Waals surface area contributed by atoms with E-state index in [0.29, 0.717) is 23.2 Å². The van der Waals surface area contributed by atoms with Crippen LogP contribution in [0.3, 0.4) is 0 Å². The number of hydrogen-bond donors (Lipinski definition) is 0. The molecule has 1 radical (unpaired) electrons. The summed E-state index contributed by atoms with van der Waals surface area (Å²) >= 11 is 4.48. The number of hydrogen-bond acceptors (Lipinski definition) is 5. The van der Waals surface area contributed by atoms with Gasteiger partial charge in [-0.15, -0.1) is 0 Å². The van der Waals surface area contributed by atoms with Gasteiger partial charge in [-0.2, -0.15) is 0 Å². The van der Waals surface area contributed by atoms with E-state index in [2.05, 4.69) is 60.1 Å². The molecule has 123 valence electrons. The molecule has 0 atom stereocenters. The van der Waals surface area contributed by atoms with Gasteiger partial charge in [-0.05, 0) is 64.1 Å². The van der Waals surface area contributed by atoms with Crippen molar-refractivity contribution in [3.63, 3.8) is 0 Å². The summed E-state index contributed by atoms with van der Waals surface area (Å²) in [5, 5.41) is 0. The van der Waals surface area contributed by atoms with Crippen LogP contribution in [-0.2, 0) is 29.6 Å². The zero-order valence-electron chi connectivity index (χ0n) is 12.4. The van der Waals surface area contributed by atoms with Crippen LogP contribution in [0.1, 0.15) is 25.2 Å². The van der Waals surface area contributed by atoms with Crippen LogP contribution in [0.4, 0.5) is 0 Å². The Labute approximate surface area is 171 Å². The van der Waals surface area contributed by atoms with Gasteiger partial charge in [0.15, 0.2) is 0 Å². The van der Waals surface area contributed by atoms with Crippen molar-refractivity contribution in [3.8, 4) is 23.2 Å². The number of oxazole rings is 2. The molecule has 8 heteroatoms. The first-order valence-electron chi connectivity index (χ1n) is 6.88. The summed E-state index contributed by atoms with van der Waals surface area (Å²) in [5.74, 6) is 1.06. The Morgan fingerprint density at radius 1 is 0.826 bits per heavy atom. The van der Waals surface area contributed by atoms with Crippen LogP contribution in [-0.4, -0.2) is 15.0 Å². The second-order valence-electron chi connectivity index (χ2n) is 4.64. The van der Waals surface area contributed by atoms with E-state index >= 15 is 0 Å². The molecule has 3 rings (SSSR count). The molecule has 0 N–H and O–H groups in total. The van der Waals surface area contributed by atoms with Gasteiger partial charge < -0.3 is 8.83 Å². The number of pyridine rings is 1. The zero-order chi connectivity index (χ0) is 15.7. The smallest absolute Gasteiger partial charge is 0.246 e. The van der Waals surface area contributed by atoms with E-state index in [9.17, 15) is 0 Å². The number of rotatable bonds is 4. The maximum absolute atomic E-state index is 5.55. The first kappa shape index (κ1) is 18.9. The van der Waals surface area contributed by atoms with Crippen molar-refractivity contribution in [2.24, 2.45) is 0 Å². The van der Waals surface area contributed by atoms with Crippen LogP contribution in [0.5, 0.6) is 0 Å². The van der Waals surface area contributed by atoms with Crippen molar-refractivity contribution in [1.29, 1.82) is 0 Å². The summed E-state index contributed by atoms with van der Waals surface area (Å²) in [6.45, 7) is 4.08. The maximum atomic E-state index is 5.55. The fourth-order valence-electron chi connectivity index (χ4n) is 1.92. The molecular weight excluding hydrogens is 567 g/mol. The summed E-state index contributed by atoms with van der Waals surface area (Å²) < 4.78 is 13.1. The molecule has 0 spiro atoms. The molecule has 0 saturated carbocycles. The van der Waals surface area contributed by atoms with E-state index < -0.39 is 0 Å². The molecule has 3 heterocycles. The average molecular weight is 580 g/mol. The van der Waals surface area contributed by atoms with E-state index in [-0.39, 0.29) is 16.8 Å². The summed E-state index contributed by atoms with van der Waals surface area (Å²) in [6, 6.07) is 2.03. The minimum absolute atomic E-state index is 0. The third-order valence-electron chi connectivity index (χ3n) is 3.16. The van der Waals surface area contributed by atoms with Crippen molar-refractivity contribution in [2.75, 3.05) is 0 Å². The van der Waals surface area contributed by atoms with Gasteiger partial charge in [0.05, 0.1) is 11.4 Å². The monoisotopic (exact) mass is 580 g/mol. The van der Waals surface area contributed by atoms with Gasteiger partial charge >= 0.3 is 0 Å². The second kappa shape index (κ2) is 8.08. The Balaban J connectivity index is 0.00000192. The van der Waals surface area contributed by atoms with Crippen LogP contribution < -0.4 is 0 Å². The number of aromatic nitrogens is 3. The Bertz CT molecular complexity index is 753. The summed E-state index contributed by atoms with van der Waals surface area (Å²) in [7, 11) is 0. The first-order valence-corrected chi connectivity index (χ1v) is 9.03. The zero-order valence-corrected chi connectivity index (χ0v) is 17.7. The molecule has 3 aromatic rings. The standard InChI is InChI=1S/C15H13I2N3O2.Co/c1-3-8-6-21-14(18-8)12-10(16)5-11(17)13(20-12)15-19-9(4-2)7-22-15;/h5-7H,3-4H2,1-2H3;. The van der Waals surface area contributed by atoms with E-state index in [1.807, 2.05) is 19.9 Å². The van der Waals surface area contributed by atoms with Gasteiger partial charge in [0.25, 0.3) is 0 Å². The molecule has 0 bridgehead atoms. The van der Waals surface area contributed by atoms with Crippen LogP contribution in [0.25, 0.3) is 23.2 Å². The van der Waals surface area contributed by atoms with E-state index in [1.54, 1.807) is 12.5 Å². The number of nitrogens with zero attached hydrogens (tertiary/aromatic N) is 3. The van der Waals surface area contributed by atoms with Crippen LogP contribution >= 0.6 is 45.2 Å². The Hall–Kier alpha value is -0.464. The van der Waals surface area contributed by atoms with Crippen molar-refractivity contribution >= 4 is 45.2 Å². The van der Waals surface area contributed by atoms with Crippen molar-refractivity contribution in [1.82, 2.24) is 15.0 Å². The van der Waals surface area contributed by atoms with E-state index in [0.717, 1.165) is 31.4 Å². The number of aryl methyl sites for hydroxylation is 2. The molecule has 0 unspecified atom stereocenters. The SMILES string of the molecule is CCc1coc(-c2nc(-c3nc(CC)co3)c(I)cc2I)n1.[Co]. The fraction of sp³-hybridized carbons (Fsp3) is 0.267. The van der Waals surface area contributed by atoms with Crippen LogP contribution in [0.15, 0.2) is 27.4 Å². The summed E-state index contributed by atoms with van der Waals surface area (Å²) in [4.78, 5) is 13.6. The van der Waals surface area contributed by atoms with Crippen molar-refractivity contribution in [3.05, 3.63) is 37.1 Å². The minimum Gasteiger partial charge on any atom is -0.443 e. The molecule has 0 fully saturated rings. The quantitative estimate of drug-likeness (QED) is 0.419. The van der Waals surface area contributed by atoms with E-state index in [4.69, 9.17) is 8.83 Å². The van der Waals surface area contributed by atoms with Crippen LogP contribution in [0, 0.1) is 7.14 Å². The fourth-order valence-corrected chi connectivity index (χ4v) is 3.84. The molecule has 0 aliphatic heterocycles. The third kappa shape index (κ3) is 3.96. The molecule has 0 saturated heterocycles. The molecule has 23 heavy (non-hydrogen) atoms. The molecule has 0 amide bonds. The van der Waals surface area contributed by atoms with Gasteiger partial charge in [0.2, 0.25) is 11.8 Å². The van der Waals surface area contributed by atoms with Crippen molar-refractivity contribution in [2.45, 2.75) is 26.7 Å². The number of halogens is 2. The van der Waals surface area contributed by atoms with Crippen LogP contribution in [0.2, 0.25) is 0 Å². The first-order chi connectivity index (χ1) is 10.6. The predicted octanol–water partition coefficient (Wildman–Crippen LogP) is 4.72. The molecule has 0 aliphatic carbocycles. The normalized spacial score (nSPS) is 10.6. The van der Waals surface area contributed by atoms with Gasteiger partial charge in [-0.3, -0.25) is 0 Å².